The summed E-state index contributed by atoms with van der Waals surface area (Å²) in [7, 11) is 4.65. The van der Waals surface area contributed by atoms with Gasteiger partial charge in [0.25, 0.3) is 0 Å². The molecule has 21 heavy (non-hydrogen) atoms. The average molecular weight is 302 g/mol. The minimum Gasteiger partial charge on any atom is -0.493 e. The summed E-state index contributed by atoms with van der Waals surface area (Å²) in [6, 6.07) is 9.24. The van der Waals surface area contributed by atoms with Crippen LogP contribution < -0.4 is 19.6 Å². The Morgan fingerprint density at radius 3 is 2.29 bits per heavy atom. The number of benzene rings is 2. The molecule has 0 aliphatic carbocycles. The fourth-order valence-electron chi connectivity index (χ4n) is 2.40. The highest BCUT2D eigenvalue weighted by molar-refractivity contribution is 7.25. The number of hydrogen-bond acceptors (Lipinski definition) is 5. The van der Waals surface area contributed by atoms with E-state index in [2.05, 4.69) is 0 Å². The van der Waals surface area contributed by atoms with Gasteiger partial charge in [0, 0.05) is 15.5 Å². The van der Waals surface area contributed by atoms with Gasteiger partial charge in [-0.2, -0.15) is 0 Å². The van der Waals surface area contributed by atoms with E-state index >= 15 is 0 Å². The van der Waals surface area contributed by atoms with Gasteiger partial charge in [0.2, 0.25) is 5.75 Å². The Balaban J connectivity index is 2.56. The van der Waals surface area contributed by atoms with Crippen molar-refractivity contribution in [2.45, 2.75) is 0 Å². The third kappa shape index (κ3) is 2.01. The Morgan fingerprint density at radius 2 is 1.62 bits per heavy atom. The molecule has 3 rings (SSSR count). The van der Waals surface area contributed by atoms with E-state index in [1.807, 2.05) is 24.3 Å². The van der Waals surface area contributed by atoms with Gasteiger partial charge < -0.3 is 14.2 Å². The van der Waals surface area contributed by atoms with Gasteiger partial charge in [0.05, 0.1) is 26.0 Å². The quantitative estimate of drug-likeness (QED) is 0.695. The van der Waals surface area contributed by atoms with E-state index in [-0.39, 0.29) is 5.43 Å². The first-order valence-corrected chi connectivity index (χ1v) is 7.17. The minimum atomic E-state index is -0.0291. The lowest BCUT2D eigenvalue weighted by Crippen LogP contribution is -2.03. The number of methoxy groups -OCH3 is 3. The van der Waals surface area contributed by atoms with Crippen molar-refractivity contribution >= 4 is 31.5 Å². The van der Waals surface area contributed by atoms with E-state index in [4.69, 9.17) is 14.2 Å². The third-order valence-corrected chi connectivity index (χ3v) is 4.56. The van der Waals surface area contributed by atoms with E-state index in [1.54, 1.807) is 20.3 Å². The van der Waals surface area contributed by atoms with Gasteiger partial charge in [-0.05, 0) is 18.2 Å². The molecule has 0 aliphatic rings. The van der Waals surface area contributed by atoms with Gasteiger partial charge in [0.1, 0.15) is 0 Å². The molecule has 1 aromatic heterocycles. The molecule has 0 N–H and O–H groups in total. The zero-order chi connectivity index (χ0) is 15.0. The van der Waals surface area contributed by atoms with Gasteiger partial charge in [-0.25, -0.2) is 0 Å². The average Bonchev–Trinajstić information content (AvgIpc) is 2.53. The van der Waals surface area contributed by atoms with Crippen molar-refractivity contribution in [1.29, 1.82) is 0 Å². The molecular formula is C16H14O4S. The zero-order valence-corrected chi connectivity index (χ0v) is 12.7. The third-order valence-electron chi connectivity index (χ3n) is 3.37. The molecule has 0 bridgehead atoms. The molecule has 0 spiro atoms. The van der Waals surface area contributed by atoms with Gasteiger partial charge in [-0.15, -0.1) is 11.3 Å². The van der Waals surface area contributed by atoms with Crippen LogP contribution in [0.4, 0.5) is 0 Å². The molecule has 0 amide bonds. The van der Waals surface area contributed by atoms with Crippen molar-refractivity contribution < 1.29 is 14.2 Å². The smallest absolute Gasteiger partial charge is 0.204 e. The molecule has 3 aromatic rings. The summed E-state index contributed by atoms with van der Waals surface area (Å²) < 4.78 is 17.8. The van der Waals surface area contributed by atoms with Crippen molar-refractivity contribution in [3.05, 3.63) is 40.6 Å². The van der Waals surface area contributed by atoms with Crippen LogP contribution in [0.15, 0.2) is 35.1 Å². The molecule has 0 saturated heterocycles. The van der Waals surface area contributed by atoms with Gasteiger partial charge in [-0.3, -0.25) is 4.79 Å². The lowest BCUT2D eigenvalue weighted by Gasteiger charge is -2.14. The van der Waals surface area contributed by atoms with E-state index in [1.165, 1.54) is 18.4 Å². The topological polar surface area (TPSA) is 44.8 Å². The molecule has 0 aliphatic heterocycles. The van der Waals surface area contributed by atoms with Crippen LogP contribution in [0.2, 0.25) is 0 Å². The molecule has 0 fully saturated rings. The van der Waals surface area contributed by atoms with Crippen molar-refractivity contribution in [2.24, 2.45) is 0 Å². The first kappa shape index (κ1) is 13.7. The highest BCUT2D eigenvalue weighted by Crippen LogP contribution is 2.45. The molecule has 0 atom stereocenters. The summed E-state index contributed by atoms with van der Waals surface area (Å²) in [5, 5.41) is 1.28. The molecule has 108 valence electrons. The van der Waals surface area contributed by atoms with Crippen LogP contribution in [-0.2, 0) is 0 Å². The molecular weight excluding hydrogens is 288 g/mol. The zero-order valence-electron chi connectivity index (χ0n) is 11.9. The molecule has 0 radical (unpaired) electrons. The second kappa shape index (κ2) is 5.26. The monoisotopic (exact) mass is 302 g/mol. The highest BCUT2D eigenvalue weighted by Gasteiger charge is 2.19. The normalized spacial score (nSPS) is 10.8. The summed E-state index contributed by atoms with van der Waals surface area (Å²) in [5.41, 5.74) is -0.0291. The van der Waals surface area contributed by atoms with Crippen LogP contribution in [0.1, 0.15) is 0 Å². The Labute approximate surface area is 125 Å². The van der Waals surface area contributed by atoms with Gasteiger partial charge in [0.15, 0.2) is 16.9 Å². The number of ether oxygens (including phenoxy) is 3. The molecule has 1 heterocycles. The van der Waals surface area contributed by atoms with E-state index in [0.29, 0.717) is 28.0 Å². The van der Waals surface area contributed by atoms with Gasteiger partial charge >= 0.3 is 0 Å². The first-order valence-electron chi connectivity index (χ1n) is 6.35. The number of rotatable bonds is 3. The maximum atomic E-state index is 12.7. The highest BCUT2D eigenvalue weighted by atomic mass is 32.1. The van der Waals surface area contributed by atoms with E-state index in [9.17, 15) is 4.79 Å². The predicted molar refractivity (Wildman–Crippen MR) is 85.3 cm³/mol. The molecule has 4 nitrogen and oxygen atoms in total. The van der Waals surface area contributed by atoms with Crippen molar-refractivity contribution in [2.75, 3.05) is 21.3 Å². The lowest BCUT2D eigenvalue weighted by atomic mass is 10.1. The Kier molecular flexibility index (Phi) is 3.43. The van der Waals surface area contributed by atoms with Crippen LogP contribution in [0.3, 0.4) is 0 Å². The first-order chi connectivity index (χ1) is 10.2. The lowest BCUT2D eigenvalue weighted by molar-refractivity contribution is 0.327. The fraction of sp³-hybridized carbons (Fsp3) is 0.188. The summed E-state index contributed by atoms with van der Waals surface area (Å²) in [4.78, 5) is 12.7. The Bertz CT molecular complexity index is 883. The van der Waals surface area contributed by atoms with Crippen molar-refractivity contribution in [3.8, 4) is 17.2 Å². The fourth-order valence-corrected chi connectivity index (χ4v) is 3.57. The molecule has 0 saturated carbocycles. The number of fused-ring (bicyclic) bond motifs is 2. The van der Waals surface area contributed by atoms with Crippen LogP contribution in [0, 0.1) is 0 Å². The van der Waals surface area contributed by atoms with Gasteiger partial charge in [-0.1, -0.05) is 12.1 Å². The summed E-state index contributed by atoms with van der Waals surface area (Å²) in [5.74, 6) is 1.51. The number of hydrogen-bond donors (Lipinski definition) is 0. The maximum Gasteiger partial charge on any atom is 0.204 e. The van der Waals surface area contributed by atoms with E-state index in [0.717, 1.165) is 9.40 Å². The summed E-state index contributed by atoms with van der Waals surface area (Å²) in [6.07, 6.45) is 0. The van der Waals surface area contributed by atoms with Crippen LogP contribution >= 0.6 is 11.3 Å². The predicted octanol–water partition coefficient (Wildman–Crippen LogP) is 3.44. The van der Waals surface area contributed by atoms with Crippen molar-refractivity contribution in [1.82, 2.24) is 0 Å². The Hall–Kier alpha value is -2.27. The molecule has 2 aromatic carbocycles. The van der Waals surface area contributed by atoms with Crippen LogP contribution in [-0.4, -0.2) is 21.3 Å². The summed E-state index contributed by atoms with van der Waals surface area (Å²) in [6.45, 7) is 0. The Morgan fingerprint density at radius 1 is 0.905 bits per heavy atom. The summed E-state index contributed by atoms with van der Waals surface area (Å²) >= 11 is 1.50. The second-order valence-corrected chi connectivity index (χ2v) is 5.50. The standard InChI is InChI=1S/C16H14O4S/c1-18-11-8-10-13(17)9-6-4-5-7-12(9)21-16(10)15(20-3)14(11)19-2/h4-8H,1-3H3. The van der Waals surface area contributed by atoms with E-state index < -0.39 is 0 Å². The van der Waals surface area contributed by atoms with Crippen LogP contribution in [0.25, 0.3) is 20.2 Å². The minimum absolute atomic E-state index is 0.0291. The largest absolute Gasteiger partial charge is 0.493 e. The SMILES string of the molecule is COc1cc2c(=O)c3ccccc3sc2c(OC)c1OC. The van der Waals surface area contributed by atoms with Crippen LogP contribution in [0.5, 0.6) is 17.2 Å². The molecule has 0 unspecified atom stereocenters. The maximum absolute atomic E-state index is 12.7. The second-order valence-electron chi connectivity index (χ2n) is 4.45. The van der Waals surface area contributed by atoms with Crippen molar-refractivity contribution in [3.63, 3.8) is 0 Å². The molecule has 5 heteroatoms.